The molecule has 12 heteroatoms. The second kappa shape index (κ2) is 10.9. The van der Waals surface area contributed by atoms with Gasteiger partial charge in [0.15, 0.2) is 17.0 Å². The van der Waals surface area contributed by atoms with Crippen LogP contribution in [0.4, 0.5) is 0 Å². The highest BCUT2D eigenvalue weighted by Gasteiger charge is 2.28. The van der Waals surface area contributed by atoms with Crippen LogP contribution in [0.2, 0.25) is 0 Å². The second-order valence-electron chi connectivity index (χ2n) is 9.72. The zero-order valence-corrected chi connectivity index (χ0v) is 21.6. The van der Waals surface area contributed by atoms with Crippen molar-refractivity contribution in [3.63, 3.8) is 0 Å². The third-order valence-electron chi connectivity index (χ3n) is 5.59. The summed E-state index contributed by atoms with van der Waals surface area (Å²) in [5, 5.41) is 18.3. The smallest absolute Gasteiger partial charge is 0.371 e. The van der Waals surface area contributed by atoms with E-state index in [9.17, 15) is 24.0 Å². The van der Waals surface area contributed by atoms with Crippen molar-refractivity contribution in [2.75, 3.05) is 13.2 Å². The first-order valence-corrected chi connectivity index (χ1v) is 11.9. The van der Waals surface area contributed by atoms with Crippen molar-refractivity contribution in [3.8, 4) is 11.5 Å². The number of hydrogen-bond acceptors (Lipinski definition) is 10. The summed E-state index contributed by atoms with van der Waals surface area (Å²) in [5.41, 5.74) is -2.18. The number of carbonyl (C=O) groups is 3. The number of fused-ring (bicyclic) bond motifs is 2. The average Bonchev–Trinajstić information content (AvgIpc) is 2.88. The Balaban J connectivity index is 1.62. The van der Waals surface area contributed by atoms with Gasteiger partial charge in [-0.25, -0.2) is 9.59 Å². The van der Waals surface area contributed by atoms with Crippen LogP contribution in [-0.4, -0.2) is 47.4 Å². The Bertz CT molecular complexity index is 1620. The molecule has 0 unspecified atom stereocenters. The van der Waals surface area contributed by atoms with E-state index in [2.05, 4.69) is 0 Å². The predicted molar refractivity (Wildman–Crippen MR) is 139 cm³/mol. The number of carboxylic acids is 2. The van der Waals surface area contributed by atoms with E-state index in [1.54, 1.807) is 20.8 Å². The van der Waals surface area contributed by atoms with Crippen LogP contribution in [-0.2, 0) is 9.53 Å². The van der Waals surface area contributed by atoms with E-state index in [4.69, 9.17) is 33.3 Å². The van der Waals surface area contributed by atoms with E-state index in [1.165, 1.54) is 36.4 Å². The molecule has 12 nitrogen and oxygen atoms in total. The normalized spacial score (nSPS) is 11.5. The Labute approximate surface area is 225 Å². The van der Waals surface area contributed by atoms with Gasteiger partial charge in [0.05, 0.1) is 5.41 Å². The largest absolute Gasteiger partial charge is 0.489 e. The Morgan fingerprint density at radius 2 is 1.20 bits per heavy atom. The molecule has 0 aliphatic rings. The van der Waals surface area contributed by atoms with Crippen molar-refractivity contribution < 1.29 is 47.6 Å². The molecule has 0 saturated carbocycles. The molecule has 0 fully saturated rings. The van der Waals surface area contributed by atoms with Crippen molar-refractivity contribution in [1.29, 1.82) is 0 Å². The average molecular weight is 552 g/mol. The van der Waals surface area contributed by atoms with Crippen LogP contribution >= 0.6 is 0 Å². The minimum atomic E-state index is -1.40. The Kier molecular flexibility index (Phi) is 7.62. The van der Waals surface area contributed by atoms with Gasteiger partial charge >= 0.3 is 17.9 Å². The summed E-state index contributed by atoms with van der Waals surface area (Å²) in [6, 6.07) is 10.4. The molecule has 0 radical (unpaired) electrons. The van der Waals surface area contributed by atoms with Crippen LogP contribution in [0.25, 0.3) is 21.9 Å². The van der Waals surface area contributed by atoms with Crippen LogP contribution in [0.15, 0.2) is 67.0 Å². The van der Waals surface area contributed by atoms with Gasteiger partial charge in [-0.2, -0.15) is 0 Å². The number of carbonyl (C=O) groups excluding carboxylic acids is 1. The molecular weight excluding hydrogens is 528 g/mol. The zero-order chi connectivity index (χ0) is 29.2. The summed E-state index contributed by atoms with van der Waals surface area (Å²) < 4.78 is 27.8. The number of benzene rings is 2. The van der Waals surface area contributed by atoms with Gasteiger partial charge in [-0.05, 0) is 45.0 Å². The minimum Gasteiger partial charge on any atom is -0.489 e. The van der Waals surface area contributed by atoms with Gasteiger partial charge in [0.2, 0.25) is 11.5 Å². The molecule has 4 rings (SSSR count). The fourth-order valence-electron chi connectivity index (χ4n) is 3.62. The first-order valence-electron chi connectivity index (χ1n) is 11.9. The summed E-state index contributed by atoms with van der Waals surface area (Å²) in [7, 11) is 0. The summed E-state index contributed by atoms with van der Waals surface area (Å²) in [6.07, 6.45) is -1.03. The fourth-order valence-corrected chi connectivity index (χ4v) is 3.62. The Hall–Kier alpha value is -5.13. The number of esters is 1. The molecule has 2 heterocycles. The molecule has 2 aromatic carbocycles. The van der Waals surface area contributed by atoms with Gasteiger partial charge in [0, 0.05) is 12.1 Å². The molecule has 2 aromatic heterocycles. The second-order valence-corrected chi connectivity index (χ2v) is 9.72. The molecular formula is C28H24O12. The predicted octanol–water partition coefficient (Wildman–Crippen LogP) is 3.71. The number of ether oxygens (including phenoxy) is 3. The summed E-state index contributed by atoms with van der Waals surface area (Å²) >= 11 is 0. The number of carboxylic acid groups (broad SMARTS) is 2. The van der Waals surface area contributed by atoms with Crippen LogP contribution < -0.4 is 20.3 Å². The van der Waals surface area contributed by atoms with E-state index >= 15 is 0 Å². The Morgan fingerprint density at radius 1 is 0.775 bits per heavy atom. The van der Waals surface area contributed by atoms with Crippen LogP contribution in [0, 0.1) is 5.41 Å². The Morgan fingerprint density at radius 3 is 1.57 bits per heavy atom. The molecule has 0 aliphatic heterocycles. The number of hydrogen-bond donors (Lipinski definition) is 2. The van der Waals surface area contributed by atoms with E-state index in [1.807, 2.05) is 0 Å². The molecule has 40 heavy (non-hydrogen) atoms. The highest BCUT2D eigenvalue weighted by atomic mass is 16.6. The SMILES string of the molecule is CC(C)(C)C(=O)OC(COc1cccc2oc(C(=O)O)cc(=O)c12)COc1cccc2oc(C(=O)O)cc(=O)c12. The fraction of sp³-hybridized carbons (Fsp3) is 0.250. The quantitative estimate of drug-likeness (QED) is 0.288. The van der Waals surface area contributed by atoms with E-state index in [-0.39, 0.29) is 46.7 Å². The van der Waals surface area contributed by atoms with Gasteiger partial charge in [-0.15, -0.1) is 0 Å². The number of aromatic carboxylic acids is 2. The standard InChI is InChI=1S/C28H24O12/c1-28(2,3)27(35)38-14(12-36-17-6-4-8-19-23(17)15(29)10-21(39-19)25(31)32)13-37-18-7-5-9-20-24(18)16(30)11-22(40-20)26(33)34/h4-11,14H,12-13H2,1-3H3,(H,31,32)(H,33,34). The van der Waals surface area contributed by atoms with Crippen molar-refractivity contribution in [3.05, 3.63) is 80.5 Å². The van der Waals surface area contributed by atoms with Crippen LogP contribution in [0.3, 0.4) is 0 Å². The highest BCUT2D eigenvalue weighted by molar-refractivity contribution is 5.90. The van der Waals surface area contributed by atoms with Crippen molar-refractivity contribution in [2.24, 2.45) is 5.41 Å². The maximum Gasteiger partial charge on any atom is 0.371 e. The first-order chi connectivity index (χ1) is 18.8. The maximum absolute atomic E-state index is 12.7. The van der Waals surface area contributed by atoms with Gasteiger partial charge in [0.25, 0.3) is 0 Å². The van der Waals surface area contributed by atoms with Crippen LogP contribution in [0.1, 0.15) is 41.9 Å². The van der Waals surface area contributed by atoms with Gasteiger partial charge in [-0.3, -0.25) is 14.4 Å². The molecule has 0 saturated heterocycles. The minimum absolute atomic E-state index is 0.00443. The molecule has 0 bridgehead atoms. The molecule has 0 aliphatic carbocycles. The van der Waals surface area contributed by atoms with Gasteiger partial charge < -0.3 is 33.3 Å². The van der Waals surface area contributed by atoms with E-state index in [0.717, 1.165) is 12.1 Å². The maximum atomic E-state index is 12.7. The first kappa shape index (κ1) is 27.9. The lowest BCUT2D eigenvalue weighted by Crippen LogP contribution is -2.35. The van der Waals surface area contributed by atoms with E-state index < -0.39 is 51.8 Å². The zero-order valence-electron chi connectivity index (χ0n) is 21.6. The van der Waals surface area contributed by atoms with Crippen molar-refractivity contribution in [1.82, 2.24) is 0 Å². The summed E-state index contributed by atoms with van der Waals surface area (Å²) in [6.45, 7) is 4.38. The van der Waals surface area contributed by atoms with Crippen LogP contribution in [0.5, 0.6) is 11.5 Å². The van der Waals surface area contributed by atoms with Crippen molar-refractivity contribution >= 4 is 39.8 Å². The molecule has 0 atom stereocenters. The summed E-state index contributed by atoms with van der Waals surface area (Å²) in [4.78, 5) is 60.4. The van der Waals surface area contributed by atoms with Gasteiger partial charge in [0.1, 0.15) is 46.7 Å². The number of rotatable bonds is 9. The molecule has 208 valence electrons. The van der Waals surface area contributed by atoms with Crippen molar-refractivity contribution in [2.45, 2.75) is 26.9 Å². The lowest BCUT2D eigenvalue weighted by molar-refractivity contribution is -0.161. The molecule has 4 aromatic rings. The topological polar surface area (TPSA) is 180 Å². The third-order valence-corrected chi connectivity index (χ3v) is 5.59. The molecule has 0 amide bonds. The summed E-state index contributed by atoms with van der Waals surface area (Å²) in [5.74, 6) is -4.32. The lowest BCUT2D eigenvalue weighted by Gasteiger charge is -2.24. The third kappa shape index (κ3) is 5.96. The highest BCUT2D eigenvalue weighted by Crippen LogP contribution is 2.26. The monoisotopic (exact) mass is 552 g/mol. The van der Waals surface area contributed by atoms with E-state index in [0.29, 0.717) is 0 Å². The van der Waals surface area contributed by atoms with Gasteiger partial charge in [-0.1, -0.05) is 12.1 Å². The molecule has 0 spiro atoms. The molecule has 2 N–H and O–H groups in total. The lowest BCUT2D eigenvalue weighted by atomic mass is 9.97.